The molecular formula is C11H10BrN3O3S. The molecule has 2 aromatic heterocycles. The van der Waals surface area contributed by atoms with Crippen LogP contribution in [0.3, 0.4) is 0 Å². The summed E-state index contributed by atoms with van der Waals surface area (Å²) in [7, 11) is 0. The Kier molecular flexibility index (Phi) is 4.01. The number of aromatic carboxylic acids is 1. The number of nitrogens with zero attached hydrogens (tertiary/aromatic N) is 1. The van der Waals surface area contributed by atoms with Crippen LogP contribution in [-0.4, -0.2) is 27.0 Å². The second-order valence-corrected chi connectivity index (χ2v) is 5.74. The van der Waals surface area contributed by atoms with E-state index in [1.54, 1.807) is 19.2 Å². The zero-order chi connectivity index (χ0) is 14.0. The third-order valence-electron chi connectivity index (χ3n) is 2.33. The van der Waals surface area contributed by atoms with Gasteiger partial charge in [-0.15, -0.1) is 11.3 Å². The summed E-state index contributed by atoms with van der Waals surface area (Å²) in [6, 6.07) is 1.66. The number of aromatic amines is 1. The van der Waals surface area contributed by atoms with Crippen LogP contribution in [0.1, 0.15) is 30.9 Å². The lowest BCUT2D eigenvalue weighted by atomic mass is 10.4. The molecule has 0 saturated heterocycles. The number of hydrogen-bond donors (Lipinski definition) is 3. The van der Waals surface area contributed by atoms with Gasteiger partial charge in [-0.1, -0.05) is 0 Å². The van der Waals surface area contributed by atoms with E-state index in [0.29, 0.717) is 16.4 Å². The van der Waals surface area contributed by atoms with Gasteiger partial charge in [-0.05, 0) is 28.9 Å². The van der Waals surface area contributed by atoms with Crippen molar-refractivity contribution in [2.45, 2.75) is 13.5 Å². The molecule has 1 amide bonds. The average molecular weight is 344 g/mol. The van der Waals surface area contributed by atoms with Crippen molar-refractivity contribution in [2.24, 2.45) is 0 Å². The number of rotatable bonds is 4. The first kappa shape index (κ1) is 13.8. The highest BCUT2D eigenvalue weighted by Gasteiger charge is 2.15. The number of halogens is 1. The summed E-state index contributed by atoms with van der Waals surface area (Å²) >= 11 is 4.30. The van der Waals surface area contributed by atoms with Gasteiger partial charge in [0.2, 0.25) is 0 Å². The highest BCUT2D eigenvalue weighted by atomic mass is 79.9. The van der Waals surface area contributed by atoms with E-state index in [1.807, 2.05) is 0 Å². The maximum Gasteiger partial charge on any atom is 0.347 e. The number of hydrogen-bond acceptors (Lipinski definition) is 4. The van der Waals surface area contributed by atoms with E-state index in [-0.39, 0.29) is 17.3 Å². The minimum Gasteiger partial charge on any atom is -0.477 e. The molecule has 0 saturated carbocycles. The topological polar surface area (TPSA) is 95.1 Å². The molecular weight excluding hydrogens is 334 g/mol. The van der Waals surface area contributed by atoms with E-state index in [1.165, 1.54) is 0 Å². The van der Waals surface area contributed by atoms with Gasteiger partial charge < -0.3 is 15.4 Å². The number of nitrogens with one attached hydrogen (secondary N) is 2. The Labute approximate surface area is 121 Å². The fourth-order valence-electron chi connectivity index (χ4n) is 1.48. The molecule has 0 aliphatic rings. The predicted octanol–water partition coefficient (Wildman–Crippen LogP) is 2.17. The molecule has 2 aromatic rings. The lowest BCUT2D eigenvalue weighted by Crippen LogP contribution is -2.22. The van der Waals surface area contributed by atoms with Gasteiger partial charge in [-0.2, -0.15) is 0 Å². The van der Waals surface area contributed by atoms with E-state index in [0.717, 1.165) is 15.8 Å². The molecule has 19 heavy (non-hydrogen) atoms. The molecule has 2 heterocycles. The number of amides is 1. The summed E-state index contributed by atoms with van der Waals surface area (Å²) in [5, 5.41) is 12.1. The Balaban J connectivity index is 2.01. The molecule has 3 N–H and O–H groups in total. The number of carbonyl (C=O) groups excluding carboxylic acids is 1. The van der Waals surface area contributed by atoms with Gasteiger partial charge in [0.25, 0.3) is 5.91 Å². The number of carbonyl (C=O) groups is 2. The summed E-state index contributed by atoms with van der Waals surface area (Å²) in [6.07, 6.45) is 1.66. The van der Waals surface area contributed by atoms with Crippen LogP contribution in [0, 0.1) is 6.92 Å². The average Bonchev–Trinajstić information content (AvgIpc) is 2.92. The van der Waals surface area contributed by atoms with Crippen molar-refractivity contribution < 1.29 is 14.7 Å². The first-order chi connectivity index (χ1) is 8.97. The lowest BCUT2D eigenvalue weighted by Gasteiger charge is -2.00. The van der Waals surface area contributed by atoms with Crippen LogP contribution in [0.4, 0.5) is 0 Å². The Morgan fingerprint density at radius 3 is 2.84 bits per heavy atom. The van der Waals surface area contributed by atoms with Crippen LogP contribution in [-0.2, 0) is 6.54 Å². The van der Waals surface area contributed by atoms with Crippen LogP contribution in [0.2, 0.25) is 0 Å². The molecule has 0 aromatic carbocycles. The van der Waals surface area contributed by atoms with Crippen LogP contribution in [0.5, 0.6) is 0 Å². The number of aryl methyl sites for hydroxylation is 1. The van der Waals surface area contributed by atoms with Gasteiger partial charge >= 0.3 is 5.97 Å². The van der Waals surface area contributed by atoms with Crippen molar-refractivity contribution in [1.82, 2.24) is 15.3 Å². The van der Waals surface area contributed by atoms with Crippen molar-refractivity contribution in [3.63, 3.8) is 0 Å². The molecule has 0 aliphatic carbocycles. The molecule has 0 atom stereocenters. The number of carboxylic acids is 1. The molecule has 0 bridgehead atoms. The van der Waals surface area contributed by atoms with Gasteiger partial charge in [0, 0.05) is 10.7 Å². The minimum absolute atomic E-state index is 0.201. The molecule has 0 fully saturated rings. The molecule has 0 spiro atoms. The third-order valence-corrected chi connectivity index (χ3v) is 3.93. The van der Waals surface area contributed by atoms with E-state index in [4.69, 9.17) is 5.11 Å². The zero-order valence-electron chi connectivity index (χ0n) is 9.86. The quantitative estimate of drug-likeness (QED) is 0.792. The van der Waals surface area contributed by atoms with Crippen molar-refractivity contribution in [3.8, 4) is 0 Å². The fourth-order valence-corrected chi connectivity index (χ4v) is 2.66. The second-order valence-electron chi connectivity index (χ2n) is 3.74. The number of H-pyrrole nitrogens is 1. The smallest absolute Gasteiger partial charge is 0.347 e. The van der Waals surface area contributed by atoms with Crippen LogP contribution in [0.25, 0.3) is 0 Å². The number of aromatic nitrogens is 2. The largest absolute Gasteiger partial charge is 0.477 e. The van der Waals surface area contributed by atoms with E-state index < -0.39 is 5.97 Å². The Morgan fingerprint density at radius 2 is 2.32 bits per heavy atom. The van der Waals surface area contributed by atoms with Crippen molar-refractivity contribution in [1.29, 1.82) is 0 Å². The van der Waals surface area contributed by atoms with Gasteiger partial charge in [-0.25, -0.2) is 9.78 Å². The van der Waals surface area contributed by atoms with Gasteiger partial charge in [0.15, 0.2) is 0 Å². The highest BCUT2D eigenvalue weighted by molar-refractivity contribution is 9.10. The first-order valence-corrected chi connectivity index (χ1v) is 6.90. The normalized spacial score (nSPS) is 10.4. The van der Waals surface area contributed by atoms with Gasteiger partial charge in [0.05, 0.1) is 12.2 Å². The molecule has 6 nitrogen and oxygen atoms in total. The molecule has 100 valence electrons. The fraction of sp³-hybridized carbons (Fsp3) is 0.182. The van der Waals surface area contributed by atoms with E-state index >= 15 is 0 Å². The molecule has 2 rings (SSSR count). The summed E-state index contributed by atoms with van der Waals surface area (Å²) in [5.41, 5.74) is 0.892. The Hall–Kier alpha value is -1.67. The van der Waals surface area contributed by atoms with Crippen molar-refractivity contribution in [2.75, 3.05) is 0 Å². The standard InChI is InChI=1S/C11H10BrN3O3S/c1-5-9(11(17)18)19-8(15-5)4-14-10(16)7-2-6(12)3-13-7/h2-3,13H,4H2,1H3,(H,14,16)(H,17,18). The number of carboxylic acid groups (broad SMARTS) is 1. The van der Waals surface area contributed by atoms with Crippen LogP contribution in [0.15, 0.2) is 16.7 Å². The monoisotopic (exact) mass is 343 g/mol. The molecule has 0 radical (unpaired) electrons. The summed E-state index contributed by atoms with van der Waals surface area (Å²) in [5.74, 6) is -1.27. The summed E-state index contributed by atoms with van der Waals surface area (Å²) in [6.45, 7) is 1.83. The van der Waals surface area contributed by atoms with Gasteiger partial charge in [-0.3, -0.25) is 4.79 Å². The van der Waals surface area contributed by atoms with Gasteiger partial charge in [0.1, 0.15) is 15.6 Å². The summed E-state index contributed by atoms with van der Waals surface area (Å²) in [4.78, 5) is 29.7. The van der Waals surface area contributed by atoms with E-state index in [9.17, 15) is 9.59 Å². The van der Waals surface area contributed by atoms with E-state index in [2.05, 4.69) is 31.2 Å². The molecule has 0 aliphatic heterocycles. The van der Waals surface area contributed by atoms with Crippen LogP contribution < -0.4 is 5.32 Å². The summed E-state index contributed by atoms with van der Waals surface area (Å²) < 4.78 is 0.788. The maximum absolute atomic E-state index is 11.8. The van der Waals surface area contributed by atoms with Crippen molar-refractivity contribution >= 4 is 39.1 Å². The Bertz CT molecular complexity index is 635. The van der Waals surface area contributed by atoms with Crippen LogP contribution >= 0.6 is 27.3 Å². The third kappa shape index (κ3) is 3.21. The number of thiazole rings is 1. The zero-order valence-corrected chi connectivity index (χ0v) is 12.3. The second kappa shape index (κ2) is 5.54. The predicted molar refractivity (Wildman–Crippen MR) is 73.5 cm³/mol. The van der Waals surface area contributed by atoms with Crippen molar-refractivity contribution in [3.05, 3.63) is 38.0 Å². The highest BCUT2D eigenvalue weighted by Crippen LogP contribution is 2.18. The lowest BCUT2D eigenvalue weighted by molar-refractivity contribution is 0.0701. The maximum atomic E-state index is 11.8. The molecule has 8 heteroatoms. The SMILES string of the molecule is Cc1nc(CNC(=O)c2cc(Br)c[nH]2)sc1C(=O)O. The first-order valence-electron chi connectivity index (χ1n) is 5.29. The molecule has 0 unspecified atom stereocenters. The minimum atomic E-state index is -0.999. The Morgan fingerprint density at radius 1 is 1.58 bits per heavy atom.